The SMILES string of the molecule is CC/C=C\C/C=C\C/C=C\C/C=C\C/C=C\C/C=C\CCCCCCCCCCCCCCCCC(=O)OCC(COC(=O)CCCCCCC)OC(=O)CCCCCCCCCC/C=C\C/C=C\C/C=C\CCCCCCC. The van der Waals surface area contributed by atoms with Crippen LogP contribution in [0.4, 0.5) is 0 Å². The summed E-state index contributed by atoms with van der Waals surface area (Å²) in [6.07, 6.45) is 91.5. The monoisotopic (exact) mass is 1100 g/mol. The summed E-state index contributed by atoms with van der Waals surface area (Å²) in [4.78, 5) is 38.0. The molecule has 0 N–H and O–H groups in total. The zero-order valence-corrected chi connectivity index (χ0v) is 51.9. The Morgan fingerprint density at radius 2 is 0.494 bits per heavy atom. The van der Waals surface area contributed by atoms with Crippen LogP contribution >= 0.6 is 0 Å². The highest BCUT2D eigenvalue weighted by molar-refractivity contribution is 5.71. The summed E-state index contributed by atoms with van der Waals surface area (Å²) >= 11 is 0. The summed E-state index contributed by atoms with van der Waals surface area (Å²) in [5.41, 5.74) is 0. The van der Waals surface area contributed by atoms with E-state index in [0.717, 1.165) is 122 Å². The van der Waals surface area contributed by atoms with Gasteiger partial charge in [0.05, 0.1) is 0 Å². The van der Waals surface area contributed by atoms with Gasteiger partial charge in [0.1, 0.15) is 13.2 Å². The van der Waals surface area contributed by atoms with Crippen molar-refractivity contribution in [1.29, 1.82) is 0 Å². The van der Waals surface area contributed by atoms with Crippen LogP contribution in [-0.4, -0.2) is 37.2 Å². The molecule has 452 valence electrons. The van der Waals surface area contributed by atoms with Gasteiger partial charge in [-0.1, -0.05) is 297 Å². The molecule has 0 amide bonds. The average Bonchev–Trinajstić information content (AvgIpc) is 3.45. The van der Waals surface area contributed by atoms with Crippen LogP contribution in [0.15, 0.2) is 109 Å². The molecule has 0 aromatic rings. The lowest BCUT2D eigenvalue weighted by atomic mass is 10.0. The van der Waals surface area contributed by atoms with E-state index in [-0.39, 0.29) is 31.1 Å². The van der Waals surface area contributed by atoms with Crippen LogP contribution < -0.4 is 0 Å². The number of hydrogen-bond acceptors (Lipinski definition) is 6. The fraction of sp³-hybridized carbons (Fsp3) is 0.712. The molecule has 0 heterocycles. The average molecular weight is 1100 g/mol. The second-order valence-corrected chi connectivity index (χ2v) is 22.0. The Balaban J connectivity index is 4.02. The Morgan fingerprint density at radius 3 is 0.772 bits per heavy atom. The van der Waals surface area contributed by atoms with E-state index in [0.29, 0.717) is 19.3 Å². The van der Waals surface area contributed by atoms with Crippen molar-refractivity contribution in [1.82, 2.24) is 0 Å². The smallest absolute Gasteiger partial charge is 0.306 e. The molecular formula is C73H124O6. The van der Waals surface area contributed by atoms with Gasteiger partial charge in [0.2, 0.25) is 0 Å². The van der Waals surface area contributed by atoms with E-state index in [9.17, 15) is 14.4 Å². The molecule has 0 saturated heterocycles. The molecule has 1 unspecified atom stereocenters. The Morgan fingerprint density at radius 1 is 0.266 bits per heavy atom. The number of hydrogen-bond donors (Lipinski definition) is 0. The van der Waals surface area contributed by atoms with Crippen LogP contribution in [-0.2, 0) is 28.6 Å². The maximum absolute atomic E-state index is 12.8. The summed E-state index contributed by atoms with van der Waals surface area (Å²) in [6.45, 7) is 6.44. The largest absolute Gasteiger partial charge is 0.462 e. The predicted molar refractivity (Wildman–Crippen MR) is 343 cm³/mol. The Labute approximate surface area is 489 Å². The molecule has 79 heavy (non-hydrogen) atoms. The van der Waals surface area contributed by atoms with Crippen molar-refractivity contribution in [2.24, 2.45) is 0 Å². The van der Waals surface area contributed by atoms with Gasteiger partial charge in [-0.3, -0.25) is 14.4 Å². The standard InChI is InChI=1S/C73H124O6/c1-4-7-10-13-15-17-19-21-23-25-27-29-31-32-33-34-35-36-37-38-39-40-42-43-45-47-49-51-53-55-57-60-63-66-72(75)78-69-70(68-77-71(74)65-62-59-12-9-6-3)79-73(76)67-64-61-58-56-54-52-50-48-46-44-41-30-28-26-24-22-20-18-16-14-11-8-5-2/h7,10,15,17,20-23,26-29,32-33,35-36,41,44,70H,4-6,8-9,11-14,16,18-19,24-25,30-31,34,37-40,42-43,45-69H2,1-3H3/b10-7-,17-15-,22-20-,23-21-,28-26-,29-27-,33-32-,36-35-,44-41-. The molecule has 0 radical (unpaired) electrons. The van der Waals surface area contributed by atoms with Gasteiger partial charge in [0.25, 0.3) is 0 Å². The van der Waals surface area contributed by atoms with Crippen LogP contribution in [0.5, 0.6) is 0 Å². The summed E-state index contributed by atoms with van der Waals surface area (Å²) < 4.78 is 16.8. The normalized spacial score (nSPS) is 12.8. The molecule has 0 spiro atoms. The van der Waals surface area contributed by atoms with Crippen molar-refractivity contribution < 1.29 is 28.6 Å². The second-order valence-electron chi connectivity index (χ2n) is 22.0. The van der Waals surface area contributed by atoms with E-state index < -0.39 is 6.10 Å². The van der Waals surface area contributed by atoms with Crippen LogP contribution in [0.1, 0.15) is 316 Å². The topological polar surface area (TPSA) is 78.9 Å². The fourth-order valence-electron chi connectivity index (χ4n) is 9.28. The van der Waals surface area contributed by atoms with Gasteiger partial charge in [-0.05, 0) is 109 Å². The lowest BCUT2D eigenvalue weighted by Gasteiger charge is -2.18. The molecule has 0 aliphatic heterocycles. The highest BCUT2D eigenvalue weighted by Gasteiger charge is 2.19. The number of allylic oxidation sites excluding steroid dienone is 18. The third-order valence-electron chi connectivity index (χ3n) is 14.3. The maximum atomic E-state index is 12.8. The van der Waals surface area contributed by atoms with Crippen molar-refractivity contribution in [3.05, 3.63) is 109 Å². The summed E-state index contributed by atoms with van der Waals surface area (Å²) in [5, 5.41) is 0. The van der Waals surface area contributed by atoms with Gasteiger partial charge >= 0.3 is 17.9 Å². The quantitative estimate of drug-likeness (QED) is 0.0261. The molecule has 0 fully saturated rings. The summed E-state index contributed by atoms with van der Waals surface area (Å²) in [6, 6.07) is 0. The molecule has 0 aromatic heterocycles. The van der Waals surface area contributed by atoms with Crippen LogP contribution in [0, 0.1) is 0 Å². The van der Waals surface area contributed by atoms with Crippen LogP contribution in [0.2, 0.25) is 0 Å². The van der Waals surface area contributed by atoms with Crippen LogP contribution in [0.3, 0.4) is 0 Å². The van der Waals surface area contributed by atoms with E-state index in [2.05, 4.69) is 130 Å². The van der Waals surface area contributed by atoms with E-state index in [1.165, 1.54) is 154 Å². The fourth-order valence-corrected chi connectivity index (χ4v) is 9.28. The highest BCUT2D eigenvalue weighted by Crippen LogP contribution is 2.16. The maximum Gasteiger partial charge on any atom is 0.306 e. The first-order chi connectivity index (χ1) is 39.0. The van der Waals surface area contributed by atoms with Crippen molar-refractivity contribution >= 4 is 17.9 Å². The van der Waals surface area contributed by atoms with E-state index in [4.69, 9.17) is 14.2 Å². The zero-order valence-electron chi connectivity index (χ0n) is 51.9. The van der Waals surface area contributed by atoms with E-state index >= 15 is 0 Å². The first-order valence-electron chi connectivity index (χ1n) is 33.4. The molecule has 0 bridgehead atoms. The van der Waals surface area contributed by atoms with Crippen molar-refractivity contribution in [2.45, 2.75) is 322 Å². The number of unbranched alkanes of at least 4 members (excludes halogenated alkanes) is 31. The highest BCUT2D eigenvalue weighted by atomic mass is 16.6. The van der Waals surface area contributed by atoms with E-state index in [1.54, 1.807) is 0 Å². The number of ether oxygens (including phenoxy) is 3. The lowest BCUT2D eigenvalue weighted by Crippen LogP contribution is -2.30. The molecule has 6 heteroatoms. The summed E-state index contributed by atoms with van der Waals surface area (Å²) in [5.74, 6) is -0.894. The Kier molecular flexibility index (Phi) is 63.3. The van der Waals surface area contributed by atoms with Gasteiger partial charge in [0, 0.05) is 19.3 Å². The molecule has 0 aromatic carbocycles. The molecule has 0 rings (SSSR count). The van der Waals surface area contributed by atoms with Crippen molar-refractivity contribution in [3.63, 3.8) is 0 Å². The van der Waals surface area contributed by atoms with Gasteiger partial charge in [-0.25, -0.2) is 0 Å². The Hall–Kier alpha value is -3.93. The molecule has 1 atom stereocenters. The third kappa shape index (κ3) is 64.8. The van der Waals surface area contributed by atoms with Gasteiger partial charge in [0.15, 0.2) is 6.10 Å². The molecule has 0 saturated carbocycles. The van der Waals surface area contributed by atoms with Crippen LogP contribution in [0.25, 0.3) is 0 Å². The summed E-state index contributed by atoms with van der Waals surface area (Å²) in [7, 11) is 0. The first-order valence-corrected chi connectivity index (χ1v) is 33.4. The number of carbonyl (C=O) groups excluding carboxylic acids is 3. The minimum atomic E-state index is -0.779. The number of esters is 3. The molecule has 6 nitrogen and oxygen atoms in total. The molecule has 0 aliphatic rings. The van der Waals surface area contributed by atoms with Gasteiger partial charge in [-0.2, -0.15) is 0 Å². The molecular weight excluding hydrogens is 973 g/mol. The third-order valence-corrected chi connectivity index (χ3v) is 14.3. The molecule has 0 aliphatic carbocycles. The lowest BCUT2D eigenvalue weighted by molar-refractivity contribution is -0.167. The zero-order chi connectivity index (χ0) is 57.1. The first kappa shape index (κ1) is 75.1. The minimum Gasteiger partial charge on any atom is -0.462 e. The number of rotatable bonds is 60. The van der Waals surface area contributed by atoms with E-state index in [1.807, 2.05) is 0 Å². The second kappa shape index (κ2) is 66.6. The van der Waals surface area contributed by atoms with Crippen molar-refractivity contribution in [3.8, 4) is 0 Å². The van der Waals surface area contributed by atoms with Gasteiger partial charge < -0.3 is 14.2 Å². The number of carbonyl (C=O) groups is 3. The van der Waals surface area contributed by atoms with Gasteiger partial charge in [-0.15, -0.1) is 0 Å². The Bertz CT molecular complexity index is 1590. The van der Waals surface area contributed by atoms with Crippen molar-refractivity contribution in [2.75, 3.05) is 13.2 Å². The minimum absolute atomic E-state index is 0.0799. The predicted octanol–water partition coefficient (Wildman–Crippen LogP) is 23.0.